The maximum atomic E-state index is 12.7. The number of aromatic hydroxyl groups is 1. The maximum Gasteiger partial charge on any atom is 0.255 e. The largest absolute Gasteiger partial charge is 0.507 e. The molecule has 0 aliphatic rings. The highest BCUT2D eigenvalue weighted by Gasteiger charge is 2.23. The number of carbonyl (C=O) groups is 1. The lowest BCUT2D eigenvalue weighted by Crippen LogP contribution is -2.36. The summed E-state index contributed by atoms with van der Waals surface area (Å²) < 4.78 is 31.6. The number of ether oxygens (including phenoxy) is 1. The summed E-state index contributed by atoms with van der Waals surface area (Å²) in [4.78, 5) is 12.3. The summed E-state index contributed by atoms with van der Waals surface area (Å²) in [6, 6.07) is 15.2. The first kappa shape index (κ1) is 22.3. The number of phenols is 1. The summed E-state index contributed by atoms with van der Waals surface area (Å²) in [6.07, 6.45) is 1.33. The van der Waals surface area contributed by atoms with Crippen LogP contribution in [0.1, 0.15) is 11.1 Å². The number of aryl methyl sites for hydroxylation is 1. The van der Waals surface area contributed by atoms with Crippen LogP contribution in [0.25, 0.3) is 10.8 Å². The molecule has 3 aromatic rings. The van der Waals surface area contributed by atoms with Crippen LogP contribution in [0.15, 0.2) is 64.6 Å². The Labute approximate surface area is 180 Å². The SMILES string of the molecule is COc1ccc(S(=O)(=O)N(C)CC(=O)NN=Cc2c(O)ccc3ccccc23)cc1C. The van der Waals surface area contributed by atoms with Crippen molar-refractivity contribution in [3.05, 3.63) is 65.7 Å². The van der Waals surface area contributed by atoms with Crippen LogP contribution in [0, 0.1) is 6.92 Å². The fraction of sp³-hybridized carbons (Fsp3) is 0.182. The zero-order valence-corrected chi connectivity index (χ0v) is 18.2. The molecule has 3 aromatic carbocycles. The average molecular weight is 442 g/mol. The van der Waals surface area contributed by atoms with E-state index in [1.165, 1.54) is 32.5 Å². The summed E-state index contributed by atoms with van der Waals surface area (Å²) >= 11 is 0. The van der Waals surface area contributed by atoms with E-state index in [0.717, 1.165) is 15.1 Å². The Kier molecular flexibility index (Phi) is 6.57. The summed E-state index contributed by atoms with van der Waals surface area (Å²) in [7, 11) is -1.05. The number of benzene rings is 3. The fourth-order valence-corrected chi connectivity index (χ4v) is 4.32. The first-order valence-corrected chi connectivity index (χ1v) is 10.8. The molecule has 1 amide bonds. The van der Waals surface area contributed by atoms with E-state index in [-0.39, 0.29) is 10.6 Å². The highest BCUT2D eigenvalue weighted by molar-refractivity contribution is 7.89. The van der Waals surface area contributed by atoms with E-state index in [1.54, 1.807) is 25.1 Å². The van der Waals surface area contributed by atoms with Crippen molar-refractivity contribution in [3.8, 4) is 11.5 Å². The van der Waals surface area contributed by atoms with Crippen molar-refractivity contribution in [1.29, 1.82) is 0 Å². The number of nitrogens with one attached hydrogen (secondary N) is 1. The van der Waals surface area contributed by atoms with Crippen LogP contribution in [0.2, 0.25) is 0 Å². The smallest absolute Gasteiger partial charge is 0.255 e. The summed E-state index contributed by atoms with van der Waals surface area (Å²) in [5.74, 6) is -0.0241. The van der Waals surface area contributed by atoms with Crippen molar-refractivity contribution in [1.82, 2.24) is 9.73 Å². The van der Waals surface area contributed by atoms with Gasteiger partial charge in [0, 0.05) is 12.6 Å². The summed E-state index contributed by atoms with van der Waals surface area (Å²) in [5, 5.41) is 15.7. The molecule has 0 saturated carbocycles. The third-order valence-corrected chi connectivity index (χ3v) is 6.57. The van der Waals surface area contributed by atoms with E-state index >= 15 is 0 Å². The van der Waals surface area contributed by atoms with Gasteiger partial charge in [-0.1, -0.05) is 30.3 Å². The second kappa shape index (κ2) is 9.15. The van der Waals surface area contributed by atoms with Gasteiger partial charge in [-0.25, -0.2) is 13.8 Å². The highest BCUT2D eigenvalue weighted by Crippen LogP contribution is 2.25. The van der Waals surface area contributed by atoms with Crippen LogP contribution >= 0.6 is 0 Å². The van der Waals surface area contributed by atoms with Gasteiger partial charge in [0.1, 0.15) is 11.5 Å². The Hall–Kier alpha value is -3.43. The molecule has 162 valence electrons. The van der Waals surface area contributed by atoms with E-state index < -0.39 is 22.5 Å². The van der Waals surface area contributed by atoms with E-state index in [9.17, 15) is 18.3 Å². The number of rotatable bonds is 7. The Bertz CT molecular complexity index is 1260. The number of nitrogens with zero attached hydrogens (tertiary/aromatic N) is 2. The molecule has 0 radical (unpaired) electrons. The molecule has 0 aliphatic heterocycles. The first-order chi connectivity index (χ1) is 14.7. The van der Waals surface area contributed by atoms with Crippen molar-refractivity contribution < 1.29 is 23.1 Å². The number of amides is 1. The zero-order valence-electron chi connectivity index (χ0n) is 17.4. The normalized spacial score (nSPS) is 11.9. The van der Waals surface area contributed by atoms with Crippen molar-refractivity contribution in [2.24, 2.45) is 5.10 Å². The topological polar surface area (TPSA) is 108 Å². The number of hydrazone groups is 1. The van der Waals surface area contributed by atoms with Crippen molar-refractivity contribution in [3.63, 3.8) is 0 Å². The standard InChI is InChI=1S/C22H23N3O5S/c1-15-12-17(9-11-21(15)30-3)31(28,29)25(2)14-22(27)24-23-13-19-18-7-5-4-6-16(18)8-10-20(19)26/h4-13,26H,14H2,1-3H3,(H,24,27). The Morgan fingerprint density at radius 3 is 2.65 bits per heavy atom. The van der Waals surface area contributed by atoms with E-state index in [0.29, 0.717) is 16.9 Å². The number of hydrogen-bond donors (Lipinski definition) is 2. The molecule has 0 fully saturated rings. The highest BCUT2D eigenvalue weighted by atomic mass is 32.2. The zero-order chi connectivity index (χ0) is 22.6. The fourth-order valence-electron chi connectivity index (χ4n) is 3.10. The van der Waals surface area contributed by atoms with E-state index in [2.05, 4.69) is 10.5 Å². The molecule has 9 heteroatoms. The first-order valence-electron chi connectivity index (χ1n) is 9.37. The maximum absolute atomic E-state index is 12.7. The van der Waals surface area contributed by atoms with Crippen molar-refractivity contribution in [2.75, 3.05) is 20.7 Å². The van der Waals surface area contributed by atoms with Gasteiger partial charge in [-0.3, -0.25) is 4.79 Å². The van der Waals surface area contributed by atoms with Gasteiger partial charge in [-0.05, 0) is 47.5 Å². The number of methoxy groups -OCH3 is 1. The van der Waals surface area contributed by atoms with E-state index in [1.807, 2.05) is 24.3 Å². The Morgan fingerprint density at radius 1 is 1.19 bits per heavy atom. The molecule has 0 spiro atoms. The van der Waals surface area contributed by atoms with Crippen LogP contribution in [-0.4, -0.2) is 50.7 Å². The summed E-state index contributed by atoms with van der Waals surface area (Å²) in [6.45, 7) is 1.31. The monoisotopic (exact) mass is 441 g/mol. The number of carbonyl (C=O) groups excluding carboxylic acids is 1. The van der Waals surface area contributed by atoms with Gasteiger partial charge < -0.3 is 9.84 Å². The third kappa shape index (κ3) is 4.84. The second-order valence-corrected chi connectivity index (χ2v) is 8.95. The van der Waals surface area contributed by atoms with Crippen LogP contribution in [0.5, 0.6) is 11.5 Å². The van der Waals surface area contributed by atoms with Gasteiger partial charge in [0.15, 0.2) is 0 Å². The van der Waals surface area contributed by atoms with Crippen LogP contribution in [0.3, 0.4) is 0 Å². The van der Waals surface area contributed by atoms with Gasteiger partial charge in [0.05, 0.1) is 24.8 Å². The predicted molar refractivity (Wildman–Crippen MR) is 119 cm³/mol. The molecule has 0 atom stereocenters. The lowest BCUT2D eigenvalue weighted by atomic mass is 10.0. The molecule has 31 heavy (non-hydrogen) atoms. The number of likely N-dealkylation sites (N-methyl/N-ethyl adjacent to an activating group) is 1. The predicted octanol–water partition coefficient (Wildman–Crippen LogP) is 2.63. The Morgan fingerprint density at radius 2 is 1.94 bits per heavy atom. The van der Waals surface area contributed by atoms with Crippen LogP contribution in [0.4, 0.5) is 0 Å². The van der Waals surface area contributed by atoms with Crippen molar-refractivity contribution in [2.45, 2.75) is 11.8 Å². The molecule has 0 unspecified atom stereocenters. The van der Waals surface area contributed by atoms with Gasteiger partial charge in [-0.2, -0.15) is 9.41 Å². The van der Waals surface area contributed by atoms with Gasteiger partial charge in [0.2, 0.25) is 10.0 Å². The molecule has 3 rings (SSSR count). The van der Waals surface area contributed by atoms with Crippen LogP contribution in [-0.2, 0) is 14.8 Å². The third-order valence-electron chi connectivity index (χ3n) is 4.77. The van der Waals surface area contributed by atoms with Crippen LogP contribution < -0.4 is 10.2 Å². The van der Waals surface area contributed by atoms with E-state index in [4.69, 9.17) is 4.74 Å². The lowest BCUT2D eigenvalue weighted by molar-refractivity contribution is -0.121. The molecule has 2 N–H and O–H groups in total. The Balaban J connectivity index is 1.70. The number of fused-ring (bicyclic) bond motifs is 1. The van der Waals surface area contributed by atoms with Gasteiger partial charge >= 0.3 is 0 Å². The molecular weight excluding hydrogens is 418 g/mol. The van der Waals surface area contributed by atoms with Gasteiger partial charge in [-0.15, -0.1) is 0 Å². The molecule has 0 bridgehead atoms. The molecular formula is C22H23N3O5S. The minimum Gasteiger partial charge on any atom is -0.507 e. The quantitative estimate of drug-likeness (QED) is 0.433. The number of phenolic OH excluding ortho intramolecular Hbond substituents is 1. The van der Waals surface area contributed by atoms with Gasteiger partial charge in [0.25, 0.3) is 5.91 Å². The molecule has 0 heterocycles. The molecule has 0 aromatic heterocycles. The second-order valence-electron chi connectivity index (χ2n) is 6.91. The summed E-state index contributed by atoms with van der Waals surface area (Å²) in [5.41, 5.74) is 3.42. The molecule has 0 saturated heterocycles. The average Bonchev–Trinajstić information content (AvgIpc) is 2.75. The minimum atomic E-state index is -3.87. The van der Waals surface area contributed by atoms with Crippen molar-refractivity contribution >= 4 is 32.9 Å². The molecule has 8 nitrogen and oxygen atoms in total. The lowest BCUT2D eigenvalue weighted by Gasteiger charge is -2.17. The molecule has 0 aliphatic carbocycles. The number of hydrogen-bond acceptors (Lipinski definition) is 6. The number of sulfonamides is 1. The minimum absolute atomic E-state index is 0.0197.